The molecule has 7 heteroatoms. The maximum absolute atomic E-state index is 14.1. The standard InChI is InChI=1S/C32H28Cl3N3O/c1-19(2)20-6-8-22(9-7-20)29-25-5-3-4-16-37-28(21-10-12-23(33)13-11-21)18-38(32(25)37)30(29)31(39)36-24-14-15-26(34)27(35)17-24/h6-15,17-19H,3-5,16H2,1-2H3,(H,36,39). The minimum absolute atomic E-state index is 0.196. The van der Waals surface area contributed by atoms with Crippen LogP contribution in [0, 0.1) is 0 Å². The smallest absolute Gasteiger partial charge is 0.273 e. The fourth-order valence-electron chi connectivity index (χ4n) is 5.57. The number of hydrogen-bond acceptors (Lipinski definition) is 1. The average Bonchev–Trinajstić information content (AvgIpc) is 3.34. The van der Waals surface area contributed by atoms with Gasteiger partial charge in [-0.05, 0) is 72.2 Å². The molecular formula is C32H28Cl3N3O. The number of carbonyl (C=O) groups excluding carboxylic acids is 1. The number of anilines is 1. The van der Waals surface area contributed by atoms with Gasteiger partial charge in [0.15, 0.2) is 0 Å². The minimum atomic E-state index is -0.196. The molecule has 0 spiro atoms. The molecule has 0 saturated heterocycles. The molecule has 39 heavy (non-hydrogen) atoms. The summed E-state index contributed by atoms with van der Waals surface area (Å²) in [5, 5.41) is 4.61. The van der Waals surface area contributed by atoms with Crippen LogP contribution < -0.4 is 5.32 Å². The van der Waals surface area contributed by atoms with E-state index in [4.69, 9.17) is 34.8 Å². The van der Waals surface area contributed by atoms with E-state index in [1.807, 2.05) is 24.3 Å². The Morgan fingerprint density at radius 3 is 2.28 bits per heavy atom. The van der Waals surface area contributed by atoms with E-state index in [1.165, 1.54) is 11.1 Å². The highest BCUT2D eigenvalue weighted by Crippen LogP contribution is 2.40. The third-order valence-electron chi connectivity index (χ3n) is 7.53. The van der Waals surface area contributed by atoms with Crippen LogP contribution in [-0.4, -0.2) is 14.9 Å². The quantitative estimate of drug-likeness (QED) is 0.222. The van der Waals surface area contributed by atoms with Gasteiger partial charge in [-0.15, -0.1) is 0 Å². The van der Waals surface area contributed by atoms with Gasteiger partial charge in [0.05, 0.1) is 15.7 Å². The zero-order valence-electron chi connectivity index (χ0n) is 21.8. The Labute approximate surface area is 243 Å². The zero-order chi connectivity index (χ0) is 27.3. The largest absolute Gasteiger partial charge is 0.325 e. The molecule has 3 heterocycles. The number of nitrogens with one attached hydrogen (secondary N) is 1. The van der Waals surface area contributed by atoms with Crippen molar-refractivity contribution in [2.45, 2.75) is 45.6 Å². The Morgan fingerprint density at radius 1 is 0.872 bits per heavy atom. The topological polar surface area (TPSA) is 38.4 Å². The van der Waals surface area contributed by atoms with Gasteiger partial charge in [-0.3, -0.25) is 9.20 Å². The zero-order valence-corrected chi connectivity index (χ0v) is 24.0. The van der Waals surface area contributed by atoms with Gasteiger partial charge in [-0.2, -0.15) is 0 Å². The number of halogens is 3. The molecule has 0 fully saturated rings. The third-order valence-corrected chi connectivity index (χ3v) is 8.52. The number of amides is 1. The number of nitrogens with zero attached hydrogens (tertiary/aromatic N) is 2. The van der Waals surface area contributed by atoms with Gasteiger partial charge < -0.3 is 9.88 Å². The predicted molar refractivity (Wildman–Crippen MR) is 163 cm³/mol. The summed E-state index contributed by atoms with van der Waals surface area (Å²) in [5.41, 5.74) is 8.89. The lowest BCUT2D eigenvalue weighted by molar-refractivity contribution is 0.102. The molecule has 4 nitrogen and oxygen atoms in total. The van der Waals surface area contributed by atoms with E-state index in [0.29, 0.717) is 32.4 Å². The Hall–Kier alpha value is -3.18. The van der Waals surface area contributed by atoms with Gasteiger partial charge in [-0.1, -0.05) is 85.0 Å². The van der Waals surface area contributed by atoms with Crippen LogP contribution in [0.4, 0.5) is 5.69 Å². The number of imidazole rings is 1. The van der Waals surface area contributed by atoms with E-state index in [-0.39, 0.29) is 5.91 Å². The summed E-state index contributed by atoms with van der Waals surface area (Å²) < 4.78 is 4.43. The van der Waals surface area contributed by atoms with Gasteiger partial charge in [0.1, 0.15) is 11.3 Å². The van der Waals surface area contributed by atoms with E-state index in [0.717, 1.165) is 53.8 Å². The predicted octanol–water partition coefficient (Wildman–Crippen LogP) is 9.75. The first-order valence-corrected chi connectivity index (χ1v) is 14.3. The Bertz CT molecular complexity index is 1700. The number of benzene rings is 3. The van der Waals surface area contributed by atoms with Gasteiger partial charge >= 0.3 is 0 Å². The summed E-state index contributed by atoms with van der Waals surface area (Å²) in [6.07, 6.45) is 5.10. The summed E-state index contributed by atoms with van der Waals surface area (Å²) in [4.78, 5) is 14.1. The van der Waals surface area contributed by atoms with Crippen LogP contribution >= 0.6 is 34.8 Å². The second kappa shape index (κ2) is 10.4. The molecule has 1 aliphatic rings. The molecule has 1 N–H and O–H groups in total. The summed E-state index contributed by atoms with van der Waals surface area (Å²) >= 11 is 18.6. The fourth-order valence-corrected chi connectivity index (χ4v) is 5.99. The van der Waals surface area contributed by atoms with Gasteiger partial charge in [0.2, 0.25) is 0 Å². The molecule has 0 unspecified atom stereocenters. The Kier molecular flexibility index (Phi) is 6.96. The van der Waals surface area contributed by atoms with E-state index >= 15 is 0 Å². The normalized spacial score (nSPS) is 13.2. The number of aromatic nitrogens is 2. The number of rotatable bonds is 5. The molecule has 1 amide bonds. The minimum Gasteiger partial charge on any atom is -0.325 e. The highest BCUT2D eigenvalue weighted by Gasteiger charge is 2.29. The van der Waals surface area contributed by atoms with E-state index in [1.54, 1.807) is 18.2 Å². The van der Waals surface area contributed by atoms with Crippen LogP contribution in [0.5, 0.6) is 0 Å². The third kappa shape index (κ3) is 4.75. The first-order chi connectivity index (χ1) is 18.8. The Balaban J connectivity index is 1.58. The molecular weight excluding hydrogens is 549 g/mol. The lowest BCUT2D eigenvalue weighted by atomic mass is 9.95. The van der Waals surface area contributed by atoms with Crippen molar-refractivity contribution in [2.75, 3.05) is 5.32 Å². The molecule has 0 bridgehead atoms. The summed E-state index contributed by atoms with van der Waals surface area (Å²) in [6.45, 7) is 5.25. The van der Waals surface area contributed by atoms with E-state index in [2.05, 4.69) is 58.6 Å². The molecule has 0 aliphatic carbocycles. The van der Waals surface area contributed by atoms with E-state index < -0.39 is 0 Å². The lowest BCUT2D eigenvalue weighted by Gasteiger charge is -2.12. The molecule has 1 aliphatic heterocycles. The van der Waals surface area contributed by atoms with Gasteiger partial charge in [0, 0.05) is 34.6 Å². The molecule has 3 aromatic carbocycles. The van der Waals surface area contributed by atoms with Crippen LogP contribution in [-0.2, 0) is 13.0 Å². The van der Waals surface area contributed by atoms with Crippen molar-refractivity contribution in [1.29, 1.82) is 0 Å². The maximum Gasteiger partial charge on any atom is 0.273 e. The number of hydrogen-bond donors (Lipinski definition) is 1. The van der Waals surface area contributed by atoms with Crippen LogP contribution in [0.1, 0.15) is 54.2 Å². The first kappa shape index (κ1) is 26.1. The van der Waals surface area contributed by atoms with Crippen molar-refractivity contribution in [3.63, 3.8) is 0 Å². The summed E-state index contributed by atoms with van der Waals surface area (Å²) in [6, 6.07) is 21.6. The van der Waals surface area contributed by atoms with Gasteiger partial charge in [0.25, 0.3) is 5.91 Å². The van der Waals surface area contributed by atoms with E-state index in [9.17, 15) is 4.79 Å². The molecule has 0 atom stereocenters. The first-order valence-electron chi connectivity index (χ1n) is 13.2. The van der Waals surface area contributed by atoms with Crippen LogP contribution in [0.3, 0.4) is 0 Å². The molecule has 5 aromatic rings. The van der Waals surface area contributed by atoms with Crippen molar-refractivity contribution in [1.82, 2.24) is 8.97 Å². The van der Waals surface area contributed by atoms with Crippen molar-refractivity contribution < 1.29 is 4.79 Å². The molecule has 0 saturated carbocycles. The monoisotopic (exact) mass is 575 g/mol. The van der Waals surface area contributed by atoms with Crippen molar-refractivity contribution in [2.24, 2.45) is 0 Å². The highest BCUT2D eigenvalue weighted by molar-refractivity contribution is 6.42. The number of carbonyl (C=O) groups is 1. The molecule has 6 rings (SSSR count). The van der Waals surface area contributed by atoms with Crippen molar-refractivity contribution >= 4 is 52.0 Å². The Morgan fingerprint density at radius 2 is 1.59 bits per heavy atom. The maximum atomic E-state index is 14.1. The van der Waals surface area contributed by atoms with Crippen molar-refractivity contribution in [3.05, 3.63) is 105 Å². The number of aryl methyl sites for hydroxylation is 2. The lowest BCUT2D eigenvalue weighted by Crippen LogP contribution is -2.15. The fraction of sp³-hybridized carbons (Fsp3) is 0.219. The summed E-state index contributed by atoms with van der Waals surface area (Å²) in [5.74, 6) is 0.232. The molecule has 2 aromatic heterocycles. The average molecular weight is 577 g/mol. The van der Waals surface area contributed by atoms with Crippen molar-refractivity contribution in [3.8, 4) is 22.4 Å². The molecule has 0 radical (unpaired) electrons. The van der Waals surface area contributed by atoms with Crippen LogP contribution in [0.15, 0.2) is 72.9 Å². The highest BCUT2D eigenvalue weighted by atomic mass is 35.5. The molecule has 198 valence electrons. The van der Waals surface area contributed by atoms with Crippen LogP contribution in [0.25, 0.3) is 28.0 Å². The summed E-state index contributed by atoms with van der Waals surface area (Å²) in [7, 11) is 0. The van der Waals surface area contributed by atoms with Crippen LogP contribution in [0.2, 0.25) is 15.1 Å². The second-order valence-electron chi connectivity index (χ2n) is 10.4. The van der Waals surface area contributed by atoms with Gasteiger partial charge in [-0.25, -0.2) is 0 Å². The SMILES string of the molecule is CC(C)c1ccc(-c2c3c4n(c(-c5ccc(Cl)cc5)cn4c2C(=O)Nc2ccc(Cl)c(Cl)c2)CCCC3)cc1. The second-order valence-corrected chi connectivity index (χ2v) is 11.6.